The maximum atomic E-state index is 10.7. The third kappa shape index (κ3) is 4.94. The number of primary amides is 1. The van der Waals surface area contributed by atoms with Gasteiger partial charge in [0.15, 0.2) is 0 Å². The Morgan fingerprint density at radius 2 is 1.70 bits per heavy atom. The molecule has 2 rings (SSSR count). The normalized spacial score (nSPS) is 17.2. The summed E-state index contributed by atoms with van der Waals surface area (Å²) in [5.41, 5.74) is 7.80. The Hall–Kier alpha value is -1.39. The van der Waals surface area contributed by atoms with Gasteiger partial charge in [-0.2, -0.15) is 0 Å². The number of piperazine rings is 1. The highest BCUT2D eigenvalue weighted by molar-refractivity contribution is 5.73. The van der Waals surface area contributed by atoms with Crippen molar-refractivity contribution in [3.63, 3.8) is 0 Å². The summed E-state index contributed by atoms with van der Waals surface area (Å²) in [6, 6.07) is 8.76. The number of hydrogen-bond acceptors (Lipinski definition) is 3. The van der Waals surface area contributed by atoms with Crippen molar-refractivity contribution in [1.82, 2.24) is 9.80 Å². The van der Waals surface area contributed by atoms with Crippen molar-refractivity contribution in [1.29, 1.82) is 0 Å². The predicted molar refractivity (Wildman–Crippen MR) is 81.3 cm³/mol. The van der Waals surface area contributed by atoms with Gasteiger partial charge in [0.05, 0.1) is 0 Å². The lowest BCUT2D eigenvalue weighted by Crippen LogP contribution is -2.43. The zero-order valence-corrected chi connectivity index (χ0v) is 12.3. The highest BCUT2D eigenvalue weighted by Gasteiger charge is 2.13. The molecule has 0 aromatic heterocycles. The molecule has 0 atom stereocenters. The number of benzene rings is 1. The fourth-order valence-corrected chi connectivity index (χ4v) is 2.54. The van der Waals surface area contributed by atoms with Gasteiger partial charge in [0.25, 0.3) is 0 Å². The van der Waals surface area contributed by atoms with Crippen molar-refractivity contribution >= 4 is 5.91 Å². The second-order valence-corrected chi connectivity index (χ2v) is 5.72. The number of rotatable bonds is 6. The summed E-state index contributed by atoms with van der Waals surface area (Å²) in [5, 5.41) is 0. The highest BCUT2D eigenvalue weighted by Crippen LogP contribution is 2.11. The zero-order chi connectivity index (χ0) is 14.4. The van der Waals surface area contributed by atoms with E-state index in [0.29, 0.717) is 6.42 Å². The van der Waals surface area contributed by atoms with Crippen LogP contribution < -0.4 is 5.73 Å². The van der Waals surface area contributed by atoms with Crippen molar-refractivity contribution in [2.24, 2.45) is 5.73 Å². The molecule has 20 heavy (non-hydrogen) atoms. The fourth-order valence-electron chi connectivity index (χ4n) is 2.54. The standard InChI is InChI=1S/C16H25N3O/c1-18-9-11-19(12-10-18)13-15-7-5-14(6-8-15)3-2-4-16(17)20/h5-8H,2-4,9-13H2,1H3,(H2,17,20). The third-order valence-corrected chi connectivity index (χ3v) is 3.91. The molecule has 1 amide bonds. The molecule has 0 radical (unpaired) electrons. The minimum Gasteiger partial charge on any atom is -0.370 e. The van der Waals surface area contributed by atoms with E-state index in [4.69, 9.17) is 5.73 Å². The van der Waals surface area contributed by atoms with E-state index in [1.54, 1.807) is 0 Å². The molecule has 0 unspecified atom stereocenters. The molecule has 4 heteroatoms. The molecule has 110 valence electrons. The molecule has 0 saturated carbocycles. The summed E-state index contributed by atoms with van der Waals surface area (Å²) in [4.78, 5) is 15.6. The Morgan fingerprint density at radius 3 is 2.30 bits per heavy atom. The SMILES string of the molecule is CN1CCN(Cc2ccc(CCCC(N)=O)cc2)CC1. The zero-order valence-electron chi connectivity index (χ0n) is 12.3. The number of carbonyl (C=O) groups is 1. The van der Waals surface area contributed by atoms with Crippen molar-refractivity contribution in [3.8, 4) is 0 Å². The molecule has 4 nitrogen and oxygen atoms in total. The average Bonchev–Trinajstić information content (AvgIpc) is 2.43. The highest BCUT2D eigenvalue weighted by atomic mass is 16.1. The van der Waals surface area contributed by atoms with Gasteiger partial charge in [0, 0.05) is 39.1 Å². The van der Waals surface area contributed by atoms with Crippen molar-refractivity contribution in [2.75, 3.05) is 33.2 Å². The van der Waals surface area contributed by atoms with Gasteiger partial charge in [0.2, 0.25) is 5.91 Å². The Labute approximate surface area is 121 Å². The van der Waals surface area contributed by atoms with Gasteiger partial charge >= 0.3 is 0 Å². The maximum Gasteiger partial charge on any atom is 0.217 e. The number of carbonyl (C=O) groups excluding carboxylic acids is 1. The molecular formula is C16H25N3O. The van der Waals surface area contributed by atoms with Crippen LogP contribution in [0.15, 0.2) is 24.3 Å². The van der Waals surface area contributed by atoms with Crippen molar-refractivity contribution < 1.29 is 4.79 Å². The van der Waals surface area contributed by atoms with Crippen LogP contribution in [-0.2, 0) is 17.8 Å². The Kier molecular flexibility index (Phi) is 5.56. The molecule has 1 aliphatic rings. The number of nitrogens with zero attached hydrogens (tertiary/aromatic N) is 2. The van der Waals surface area contributed by atoms with Gasteiger partial charge in [-0.1, -0.05) is 24.3 Å². The van der Waals surface area contributed by atoms with Crippen molar-refractivity contribution in [3.05, 3.63) is 35.4 Å². The minimum atomic E-state index is -0.211. The second-order valence-electron chi connectivity index (χ2n) is 5.72. The summed E-state index contributed by atoms with van der Waals surface area (Å²) < 4.78 is 0. The topological polar surface area (TPSA) is 49.6 Å². The lowest BCUT2D eigenvalue weighted by Gasteiger charge is -2.32. The quantitative estimate of drug-likeness (QED) is 0.850. The minimum absolute atomic E-state index is 0.211. The van der Waals surface area contributed by atoms with Crippen LogP contribution in [0.25, 0.3) is 0 Å². The molecule has 2 N–H and O–H groups in total. The lowest BCUT2D eigenvalue weighted by molar-refractivity contribution is -0.118. The first-order valence-electron chi connectivity index (χ1n) is 7.40. The van der Waals surface area contributed by atoms with Gasteiger partial charge in [-0.25, -0.2) is 0 Å². The second kappa shape index (κ2) is 7.41. The molecule has 0 aliphatic carbocycles. The van der Waals surface area contributed by atoms with Crippen LogP contribution in [-0.4, -0.2) is 48.9 Å². The Morgan fingerprint density at radius 1 is 1.10 bits per heavy atom. The van der Waals surface area contributed by atoms with E-state index in [1.165, 1.54) is 11.1 Å². The fraction of sp³-hybridized carbons (Fsp3) is 0.562. The first-order valence-corrected chi connectivity index (χ1v) is 7.40. The molecule has 0 bridgehead atoms. The lowest BCUT2D eigenvalue weighted by atomic mass is 10.1. The van der Waals surface area contributed by atoms with Crippen molar-refractivity contribution in [2.45, 2.75) is 25.8 Å². The number of aryl methyl sites for hydroxylation is 1. The number of likely N-dealkylation sites (N-methyl/N-ethyl adjacent to an activating group) is 1. The van der Waals surface area contributed by atoms with Crippen LogP contribution in [0.1, 0.15) is 24.0 Å². The van der Waals surface area contributed by atoms with Gasteiger partial charge in [-0.15, -0.1) is 0 Å². The monoisotopic (exact) mass is 275 g/mol. The van der Waals surface area contributed by atoms with E-state index in [1.807, 2.05) is 0 Å². The van der Waals surface area contributed by atoms with Gasteiger partial charge < -0.3 is 10.6 Å². The third-order valence-electron chi connectivity index (χ3n) is 3.91. The van der Waals surface area contributed by atoms with Crippen LogP contribution in [0.4, 0.5) is 0 Å². The van der Waals surface area contributed by atoms with Crippen LogP contribution >= 0.6 is 0 Å². The number of nitrogens with two attached hydrogens (primary N) is 1. The summed E-state index contributed by atoms with van der Waals surface area (Å²) >= 11 is 0. The van der Waals surface area contributed by atoms with Gasteiger partial charge in [-0.3, -0.25) is 9.69 Å². The smallest absolute Gasteiger partial charge is 0.217 e. The largest absolute Gasteiger partial charge is 0.370 e. The number of amides is 1. The van der Waals surface area contributed by atoms with Crippen LogP contribution in [0.3, 0.4) is 0 Å². The van der Waals surface area contributed by atoms with E-state index in [9.17, 15) is 4.79 Å². The first kappa shape index (κ1) is 15.0. The molecule has 1 fully saturated rings. The molecule has 1 aromatic carbocycles. The Balaban J connectivity index is 1.77. The molecular weight excluding hydrogens is 250 g/mol. The van der Waals surface area contributed by atoms with E-state index < -0.39 is 0 Å². The molecule has 1 aromatic rings. The summed E-state index contributed by atoms with van der Waals surface area (Å²) in [6.45, 7) is 5.65. The first-order chi connectivity index (χ1) is 9.63. The van der Waals surface area contributed by atoms with Crippen LogP contribution in [0.2, 0.25) is 0 Å². The summed E-state index contributed by atoms with van der Waals surface area (Å²) in [5.74, 6) is -0.211. The average molecular weight is 275 g/mol. The van der Waals surface area contributed by atoms with Crippen LogP contribution in [0.5, 0.6) is 0 Å². The van der Waals surface area contributed by atoms with E-state index in [0.717, 1.165) is 45.6 Å². The van der Waals surface area contributed by atoms with Gasteiger partial charge in [0.1, 0.15) is 0 Å². The maximum absolute atomic E-state index is 10.7. The van der Waals surface area contributed by atoms with Gasteiger partial charge in [-0.05, 0) is 31.0 Å². The summed E-state index contributed by atoms with van der Waals surface area (Å²) in [6.07, 6.45) is 2.24. The predicted octanol–water partition coefficient (Wildman–Crippen LogP) is 1.24. The molecule has 1 aliphatic heterocycles. The van der Waals surface area contributed by atoms with E-state index in [2.05, 4.69) is 41.1 Å². The van der Waals surface area contributed by atoms with E-state index >= 15 is 0 Å². The van der Waals surface area contributed by atoms with Crippen LogP contribution in [0, 0.1) is 0 Å². The van der Waals surface area contributed by atoms with E-state index in [-0.39, 0.29) is 5.91 Å². The number of hydrogen-bond donors (Lipinski definition) is 1. The Bertz CT molecular complexity index is 422. The molecule has 1 heterocycles. The summed E-state index contributed by atoms with van der Waals surface area (Å²) in [7, 11) is 2.18. The molecule has 0 spiro atoms. The molecule has 1 saturated heterocycles.